The van der Waals surface area contributed by atoms with E-state index in [0.29, 0.717) is 29.0 Å². The second-order valence-corrected chi connectivity index (χ2v) is 6.10. The van der Waals surface area contributed by atoms with Crippen LogP contribution in [0.5, 0.6) is 0 Å². The van der Waals surface area contributed by atoms with Crippen LogP contribution in [-0.4, -0.2) is 29.8 Å². The fourth-order valence-corrected chi connectivity index (χ4v) is 2.27. The van der Waals surface area contributed by atoms with Gasteiger partial charge in [0.05, 0.1) is 0 Å². The Kier molecular flexibility index (Phi) is 6.53. The summed E-state index contributed by atoms with van der Waals surface area (Å²) in [5.74, 6) is 0.778. The van der Waals surface area contributed by atoms with Crippen LogP contribution in [-0.2, 0) is 0 Å². The Balaban J connectivity index is 2.57. The van der Waals surface area contributed by atoms with E-state index in [2.05, 4.69) is 32.6 Å². The van der Waals surface area contributed by atoms with E-state index in [1.54, 1.807) is 12.1 Å². The van der Waals surface area contributed by atoms with Crippen LogP contribution >= 0.6 is 11.6 Å². The van der Waals surface area contributed by atoms with Crippen molar-refractivity contribution in [3.05, 3.63) is 34.9 Å². The molecule has 0 aromatic heterocycles. The molecule has 0 atom stereocenters. The number of Topliss-reactive ketones (excluding diaryl/α,β-unsaturated/α-hetero) is 1. The molecular formula is C16H24ClNO. The maximum atomic E-state index is 12.1. The fraction of sp³-hybridized carbons (Fsp3) is 0.562. The SMILES string of the molecule is CC(C)CN(CCC(=O)c1cccc(Cl)c1)C(C)C. The first kappa shape index (κ1) is 16.2. The molecule has 0 heterocycles. The summed E-state index contributed by atoms with van der Waals surface area (Å²) in [5.41, 5.74) is 0.709. The first-order valence-corrected chi connectivity index (χ1v) is 7.30. The Labute approximate surface area is 121 Å². The van der Waals surface area contributed by atoms with Crippen molar-refractivity contribution in [2.45, 2.75) is 40.2 Å². The highest BCUT2D eigenvalue weighted by atomic mass is 35.5. The zero-order valence-electron chi connectivity index (χ0n) is 12.3. The molecule has 3 heteroatoms. The first-order valence-electron chi connectivity index (χ1n) is 6.93. The molecule has 0 aliphatic heterocycles. The fourth-order valence-electron chi connectivity index (χ4n) is 2.08. The minimum atomic E-state index is 0.164. The zero-order chi connectivity index (χ0) is 14.4. The third-order valence-electron chi connectivity index (χ3n) is 3.10. The van der Waals surface area contributed by atoms with E-state index in [9.17, 15) is 4.79 Å². The molecule has 1 rings (SSSR count). The van der Waals surface area contributed by atoms with Gasteiger partial charge in [-0.3, -0.25) is 4.79 Å². The average Bonchev–Trinajstić information content (AvgIpc) is 2.33. The van der Waals surface area contributed by atoms with Crippen LogP contribution in [0.4, 0.5) is 0 Å². The lowest BCUT2D eigenvalue weighted by atomic mass is 10.1. The molecule has 1 aromatic carbocycles. The standard InChI is InChI=1S/C16H24ClNO/c1-12(2)11-18(13(3)4)9-8-16(19)14-6-5-7-15(17)10-14/h5-7,10,12-13H,8-9,11H2,1-4H3. The average molecular weight is 282 g/mol. The van der Waals surface area contributed by atoms with Gasteiger partial charge in [-0.2, -0.15) is 0 Å². The van der Waals surface area contributed by atoms with Crippen LogP contribution in [0.25, 0.3) is 0 Å². The Morgan fingerprint density at radius 2 is 1.95 bits per heavy atom. The Morgan fingerprint density at radius 3 is 2.47 bits per heavy atom. The second-order valence-electron chi connectivity index (χ2n) is 5.67. The van der Waals surface area contributed by atoms with Gasteiger partial charge in [-0.1, -0.05) is 37.6 Å². The molecule has 0 spiro atoms. The van der Waals surface area contributed by atoms with Gasteiger partial charge in [0.25, 0.3) is 0 Å². The van der Waals surface area contributed by atoms with E-state index in [1.807, 2.05) is 12.1 Å². The van der Waals surface area contributed by atoms with Gasteiger partial charge >= 0.3 is 0 Å². The number of hydrogen-bond acceptors (Lipinski definition) is 2. The molecule has 0 aliphatic carbocycles. The molecule has 0 amide bonds. The van der Waals surface area contributed by atoms with Crippen molar-refractivity contribution in [2.24, 2.45) is 5.92 Å². The lowest BCUT2D eigenvalue weighted by Gasteiger charge is -2.27. The first-order chi connectivity index (χ1) is 8.90. The highest BCUT2D eigenvalue weighted by Crippen LogP contribution is 2.13. The lowest BCUT2D eigenvalue weighted by molar-refractivity contribution is 0.0950. The predicted octanol–water partition coefficient (Wildman–Crippen LogP) is 4.28. The smallest absolute Gasteiger partial charge is 0.164 e. The molecule has 0 aliphatic rings. The van der Waals surface area contributed by atoms with Crippen molar-refractivity contribution in [3.63, 3.8) is 0 Å². The van der Waals surface area contributed by atoms with Crippen LogP contribution in [0.15, 0.2) is 24.3 Å². The van der Waals surface area contributed by atoms with E-state index in [1.165, 1.54) is 0 Å². The molecule has 19 heavy (non-hydrogen) atoms. The number of carbonyl (C=O) groups excluding carboxylic acids is 1. The largest absolute Gasteiger partial charge is 0.300 e. The molecule has 0 saturated heterocycles. The molecule has 0 bridgehead atoms. The second kappa shape index (κ2) is 7.66. The molecule has 106 valence electrons. The molecule has 2 nitrogen and oxygen atoms in total. The lowest BCUT2D eigenvalue weighted by Crippen LogP contribution is -2.35. The summed E-state index contributed by atoms with van der Waals surface area (Å²) >= 11 is 5.91. The molecule has 0 radical (unpaired) electrons. The highest BCUT2D eigenvalue weighted by Gasteiger charge is 2.14. The topological polar surface area (TPSA) is 20.3 Å². The molecular weight excluding hydrogens is 258 g/mol. The number of nitrogens with zero attached hydrogens (tertiary/aromatic N) is 1. The number of benzene rings is 1. The highest BCUT2D eigenvalue weighted by molar-refractivity contribution is 6.31. The van der Waals surface area contributed by atoms with Crippen LogP contribution in [0.1, 0.15) is 44.5 Å². The van der Waals surface area contributed by atoms with Gasteiger partial charge in [-0.15, -0.1) is 0 Å². The zero-order valence-corrected chi connectivity index (χ0v) is 13.1. The number of carbonyl (C=O) groups is 1. The van der Waals surface area contributed by atoms with E-state index in [0.717, 1.165) is 13.1 Å². The predicted molar refractivity (Wildman–Crippen MR) is 81.9 cm³/mol. The van der Waals surface area contributed by atoms with E-state index >= 15 is 0 Å². The maximum Gasteiger partial charge on any atom is 0.164 e. The van der Waals surface area contributed by atoms with Gasteiger partial charge in [-0.25, -0.2) is 0 Å². The number of rotatable bonds is 7. The van der Waals surface area contributed by atoms with Gasteiger partial charge in [0.15, 0.2) is 5.78 Å². The monoisotopic (exact) mass is 281 g/mol. The number of hydrogen-bond donors (Lipinski definition) is 0. The summed E-state index contributed by atoms with van der Waals surface area (Å²) in [4.78, 5) is 14.5. The quantitative estimate of drug-likeness (QED) is 0.695. The van der Waals surface area contributed by atoms with Crippen LogP contribution in [0.2, 0.25) is 5.02 Å². The van der Waals surface area contributed by atoms with Crippen LogP contribution in [0.3, 0.4) is 0 Å². The molecule has 0 N–H and O–H groups in total. The van der Waals surface area contributed by atoms with Crippen molar-refractivity contribution in [1.29, 1.82) is 0 Å². The Morgan fingerprint density at radius 1 is 1.26 bits per heavy atom. The minimum absolute atomic E-state index is 0.164. The Hall–Kier alpha value is -0.860. The third-order valence-corrected chi connectivity index (χ3v) is 3.34. The van der Waals surface area contributed by atoms with Gasteiger partial charge in [0.1, 0.15) is 0 Å². The van der Waals surface area contributed by atoms with E-state index in [-0.39, 0.29) is 5.78 Å². The Bertz CT molecular complexity index is 415. The van der Waals surface area contributed by atoms with Crippen molar-refractivity contribution in [1.82, 2.24) is 4.90 Å². The van der Waals surface area contributed by atoms with Crippen LogP contribution in [0, 0.1) is 5.92 Å². The summed E-state index contributed by atoms with van der Waals surface area (Å²) in [6.45, 7) is 10.6. The minimum Gasteiger partial charge on any atom is -0.300 e. The van der Waals surface area contributed by atoms with E-state index in [4.69, 9.17) is 11.6 Å². The van der Waals surface area contributed by atoms with Gasteiger partial charge < -0.3 is 4.90 Å². The van der Waals surface area contributed by atoms with Gasteiger partial charge in [-0.05, 0) is 31.9 Å². The summed E-state index contributed by atoms with van der Waals surface area (Å²) in [6.07, 6.45) is 0.547. The third kappa shape index (κ3) is 5.75. The van der Waals surface area contributed by atoms with Crippen molar-refractivity contribution >= 4 is 17.4 Å². The van der Waals surface area contributed by atoms with Crippen molar-refractivity contribution in [2.75, 3.05) is 13.1 Å². The van der Waals surface area contributed by atoms with Crippen molar-refractivity contribution in [3.8, 4) is 0 Å². The number of ketones is 1. The maximum absolute atomic E-state index is 12.1. The van der Waals surface area contributed by atoms with Gasteiger partial charge in [0.2, 0.25) is 0 Å². The summed E-state index contributed by atoms with van der Waals surface area (Å²) in [6, 6.07) is 7.65. The molecule has 0 unspecified atom stereocenters. The van der Waals surface area contributed by atoms with Crippen LogP contribution < -0.4 is 0 Å². The number of halogens is 1. The van der Waals surface area contributed by atoms with Crippen molar-refractivity contribution < 1.29 is 4.79 Å². The molecule has 0 saturated carbocycles. The summed E-state index contributed by atoms with van der Waals surface area (Å²) in [7, 11) is 0. The molecule has 1 aromatic rings. The molecule has 0 fully saturated rings. The normalized spacial score (nSPS) is 11.6. The summed E-state index contributed by atoms with van der Waals surface area (Å²) in [5, 5.41) is 0.619. The van der Waals surface area contributed by atoms with E-state index < -0.39 is 0 Å². The van der Waals surface area contributed by atoms with Gasteiger partial charge in [0, 0.05) is 36.1 Å². The summed E-state index contributed by atoms with van der Waals surface area (Å²) < 4.78 is 0.